The summed E-state index contributed by atoms with van der Waals surface area (Å²) in [6, 6.07) is 4.40. The molecule has 6 heteroatoms. The van der Waals surface area contributed by atoms with Gasteiger partial charge in [-0.15, -0.1) is 0 Å². The van der Waals surface area contributed by atoms with Crippen LogP contribution in [0.5, 0.6) is 5.75 Å². The SMILES string of the molecule is COc1c(CO)ccc(C#N)c1[N+](=O)[O-]. The van der Waals surface area contributed by atoms with E-state index in [4.69, 9.17) is 15.1 Å². The molecule has 15 heavy (non-hydrogen) atoms. The van der Waals surface area contributed by atoms with Crippen LogP contribution >= 0.6 is 0 Å². The number of aliphatic hydroxyl groups excluding tert-OH is 1. The summed E-state index contributed by atoms with van der Waals surface area (Å²) in [6.07, 6.45) is 0. The Kier molecular flexibility index (Phi) is 3.21. The van der Waals surface area contributed by atoms with E-state index in [9.17, 15) is 10.1 Å². The van der Waals surface area contributed by atoms with E-state index >= 15 is 0 Å². The van der Waals surface area contributed by atoms with E-state index in [1.54, 1.807) is 6.07 Å². The molecule has 0 heterocycles. The van der Waals surface area contributed by atoms with Crippen LogP contribution < -0.4 is 4.74 Å². The van der Waals surface area contributed by atoms with Gasteiger partial charge in [-0.2, -0.15) is 5.26 Å². The lowest BCUT2D eigenvalue weighted by atomic mass is 10.1. The molecule has 0 aliphatic rings. The van der Waals surface area contributed by atoms with E-state index in [0.717, 1.165) is 0 Å². The zero-order valence-corrected chi connectivity index (χ0v) is 7.93. The minimum Gasteiger partial charge on any atom is -0.490 e. The molecule has 0 saturated heterocycles. The number of rotatable bonds is 3. The number of hydrogen-bond donors (Lipinski definition) is 1. The monoisotopic (exact) mass is 208 g/mol. The highest BCUT2D eigenvalue weighted by Gasteiger charge is 2.23. The van der Waals surface area contributed by atoms with Crippen molar-refractivity contribution < 1.29 is 14.8 Å². The number of nitriles is 1. The predicted octanol–water partition coefficient (Wildman–Crippen LogP) is 0.967. The van der Waals surface area contributed by atoms with Crippen molar-refractivity contribution in [2.24, 2.45) is 0 Å². The van der Waals surface area contributed by atoms with Crippen molar-refractivity contribution in [3.05, 3.63) is 33.4 Å². The van der Waals surface area contributed by atoms with E-state index < -0.39 is 10.6 Å². The maximum atomic E-state index is 10.7. The number of aliphatic hydroxyl groups is 1. The van der Waals surface area contributed by atoms with E-state index in [1.807, 2.05) is 0 Å². The number of nitrogens with zero attached hydrogens (tertiary/aromatic N) is 2. The van der Waals surface area contributed by atoms with Crippen LogP contribution in [0.15, 0.2) is 12.1 Å². The van der Waals surface area contributed by atoms with Crippen molar-refractivity contribution in [3.63, 3.8) is 0 Å². The van der Waals surface area contributed by atoms with Gasteiger partial charge in [-0.1, -0.05) is 6.07 Å². The first-order chi connectivity index (χ1) is 7.15. The minimum atomic E-state index is -0.698. The molecule has 1 aromatic carbocycles. The van der Waals surface area contributed by atoms with Crippen molar-refractivity contribution in [1.82, 2.24) is 0 Å². The van der Waals surface area contributed by atoms with Gasteiger partial charge in [0.15, 0.2) is 0 Å². The highest BCUT2D eigenvalue weighted by Crippen LogP contribution is 2.33. The quantitative estimate of drug-likeness (QED) is 0.589. The van der Waals surface area contributed by atoms with Crippen molar-refractivity contribution in [3.8, 4) is 11.8 Å². The Morgan fingerprint density at radius 2 is 2.33 bits per heavy atom. The molecule has 78 valence electrons. The van der Waals surface area contributed by atoms with E-state index in [1.165, 1.54) is 19.2 Å². The van der Waals surface area contributed by atoms with Crippen LogP contribution in [0.2, 0.25) is 0 Å². The molecule has 1 N–H and O–H groups in total. The number of methoxy groups -OCH3 is 1. The van der Waals surface area contributed by atoms with Gasteiger partial charge >= 0.3 is 5.69 Å². The Hall–Kier alpha value is -2.13. The average Bonchev–Trinajstić information content (AvgIpc) is 2.26. The molecular formula is C9H8N2O4. The molecule has 0 saturated carbocycles. The summed E-state index contributed by atoms with van der Waals surface area (Å²) in [6.45, 7) is -0.379. The fourth-order valence-electron chi connectivity index (χ4n) is 1.24. The van der Waals surface area contributed by atoms with Gasteiger partial charge in [0.25, 0.3) is 0 Å². The fraction of sp³-hybridized carbons (Fsp3) is 0.222. The highest BCUT2D eigenvalue weighted by molar-refractivity contribution is 5.61. The Morgan fingerprint density at radius 1 is 1.67 bits per heavy atom. The normalized spacial score (nSPS) is 9.40. The molecule has 0 fully saturated rings. The zero-order chi connectivity index (χ0) is 11.4. The second-order valence-electron chi connectivity index (χ2n) is 2.68. The third kappa shape index (κ3) is 1.87. The summed E-state index contributed by atoms with van der Waals surface area (Å²) in [5, 5.41) is 28.3. The Morgan fingerprint density at radius 3 is 2.73 bits per heavy atom. The fourth-order valence-corrected chi connectivity index (χ4v) is 1.24. The summed E-state index contributed by atoms with van der Waals surface area (Å²) < 4.78 is 4.82. The maximum Gasteiger partial charge on any atom is 0.328 e. The van der Waals surface area contributed by atoms with Crippen molar-refractivity contribution in [1.29, 1.82) is 5.26 Å². The first-order valence-corrected chi connectivity index (χ1v) is 4.01. The van der Waals surface area contributed by atoms with E-state index in [-0.39, 0.29) is 23.5 Å². The molecular weight excluding hydrogens is 200 g/mol. The molecule has 0 bridgehead atoms. The number of nitro groups is 1. The van der Waals surface area contributed by atoms with Gasteiger partial charge in [-0.25, -0.2) is 0 Å². The first-order valence-electron chi connectivity index (χ1n) is 4.01. The summed E-state index contributed by atoms with van der Waals surface area (Å²) in [7, 11) is 1.25. The van der Waals surface area contributed by atoms with Crippen molar-refractivity contribution in [2.75, 3.05) is 7.11 Å². The lowest BCUT2D eigenvalue weighted by molar-refractivity contribution is -0.386. The Labute approximate surface area is 85.5 Å². The molecule has 6 nitrogen and oxygen atoms in total. The van der Waals surface area contributed by atoms with Crippen LogP contribution in [-0.4, -0.2) is 17.1 Å². The maximum absolute atomic E-state index is 10.7. The molecule has 1 rings (SSSR count). The van der Waals surface area contributed by atoms with Crippen LogP contribution in [0, 0.1) is 21.4 Å². The largest absolute Gasteiger partial charge is 0.490 e. The summed E-state index contributed by atoms with van der Waals surface area (Å²) in [5.41, 5.74) is -0.219. The number of benzene rings is 1. The van der Waals surface area contributed by atoms with Crippen LogP contribution in [-0.2, 0) is 6.61 Å². The van der Waals surface area contributed by atoms with Gasteiger partial charge in [0, 0.05) is 5.56 Å². The van der Waals surface area contributed by atoms with Gasteiger partial charge in [0.2, 0.25) is 5.75 Å². The van der Waals surface area contributed by atoms with E-state index in [0.29, 0.717) is 0 Å². The summed E-state index contributed by atoms with van der Waals surface area (Å²) in [4.78, 5) is 10.0. The second kappa shape index (κ2) is 4.39. The predicted molar refractivity (Wildman–Crippen MR) is 50.3 cm³/mol. The molecule has 0 aliphatic heterocycles. The summed E-state index contributed by atoms with van der Waals surface area (Å²) in [5.74, 6) is -0.0680. The van der Waals surface area contributed by atoms with Crippen molar-refractivity contribution in [2.45, 2.75) is 6.61 Å². The van der Waals surface area contributed by atoms with Gasteiger partial charge in [0.05, 0.1) is 18.6 Å². The van der Waals surface area contributed by atoms with E-state index in [2.05, 4.69) is 0 Å². The van der Waals surface area contributed by atoms with Crippen LogP contribution in [0.4, 0.5) is 5.69 Å². The summed E-state index contributed by atoms with van der Waals surface area (Å²) >= 11 is 0. The third-order valence-corrected chi connectivity index (χ3v) is 1.89. The Bertz CT molecular complexity index is 436. The molecule has 0 amide bonds. The van der Waals surface area contributed by atoms with Gasteiger partial charge in [-0.05, 0) is 6.07 Å². The Balaban J connectivity index is 3.53. The molecule has 0 atom stereocenters. The second-order valence-corrected chi connectivity index (χ2v) is 2.68. The standard InChI is InChI=1S/C9H8N2O4/c1-15-9-7(5-12)3-2-6(4-10)8(9)11(13)14/h2-3,12H,5H2,1H3. The molecule has 0 aliphatic carbocycles. The first kappa shape index (κ1) is 10.9. The average molecular weight is 208 g/mol. The van der Waals surface area contributed by atoms with Gasteiger partial charge in [-0.3, -0.25) is 10.1 Å². The lowest BCUT2D eigenvalue weighted by Crippen LogP contribution is -2.00. The lowest BCUT2D eigenvalue weighted by Gasteiger charge is -2.07. The zero-order valence-electron chi connectivity index (χ0n) is 7.93. The molecule has 0 radical (unpaired) electrons. The molecule has 0 aromatic heterocycles. The number of nitro benzene ring substituents is 1. The van der Waals surface area contributed by atoms with Crippen LogP contribution in [0.3, 0.4) is 0 Å². The van der Waals surface area contributed by atoms with Crippen LogP contribution in [0.1, 0.15) is 11.1 Å². The number of ether oxygens (including phenoxy) is 1. The topological polar surface area (TPSA) is 96.4 Å². The minimum absolute atomic E-state index is 0.0680. The van der Waals surface area contributed by atoms with Crippen LogP contribution in [0.25, 0.3) is 0 Å². The third-order valence-electron chi connectivity index (χ3n) is 1.89. The highest BCUT2D eigenvalue weighted by atomic mass is 16.6. The smallest absolute Gasteiger partial charge is 0.328 e. The molecule has 1 aromatic rings. The molecule has 0 spiro atoms. The van der Waals surface area contributed by atoms with Crippen molar-refractivity contribution >= 4 is 5.69 Å². The van der Waals surface area contributed by atoms with Gasteiger partial charge < -0.3 is 9.84 Å². The van der Waals surface area contributed by atoms with Gasteiger partial charge in [0.1, 0.15) is 11.6 Å². The number of hydrogen-bond acceptors (Lipinski definition) is 5. The molecule has 0 unspecified atom stereocenters.